The molecule has 2 amide bonds. The minimum atomic E-state index is -0.683. The van der Waals surface area contributed by atoms with Crippen molar-refractivity contribution in [2.45, 2.75) is 44.6 Å². The first-order valence-corrected chi connectivity index (χ1v) is 6.86. The van der Waals surface area contributed by atoms with Crippen molar-refractivity contribution in [3.05, 3.63) is 29.8 Å². The van der Waals surface area contributed by atoms with Gasteiger partial charge >= 0.3 is 6.03 Å². The van der Waals surface area contributed by atoms with Crippen LogP contribution in [-0.2, 0) is 0 Å². The topological polar surface area (TPSA) is 61.4 Å². The summed E-state index contributed by atoms with van der Waals surface area (Å²) in [7, 11) is 0. The molecule has 0 aliphatic heterocycles. The smallest absolute Gasteiger partial charge is 0.319 e. The summed E-state index contributed by atoms with van der Waals surface area (Å²) in [6.07, 6.45) is 2.59. The van der Waals surface area contributed by atoms with Crippen LogP contribution in [0.2, 0.25) is 0 Å². The number of hydrogen-bond acceptors (Lipinski definition) is 2. The van der Waals surface area contributed by atoms with Gasteiger partial charge in [-0.3, -0.25) is 0 Å². The zero-order chi connectivity index (χ0) is 13.9. The molecule has 0 saturated heterocycles. The highest BCUT2D eigenvalue weighted by Gasteiger charge is 2.34. The quantitative estimate of drug-likeness (QED) is 0.781. The maximum absolute atomic E-state index is 11.7. The number of aliphatic hydroxyl groups is 1. The Balaban J connectivity index is 1.86. The Labute approximate surface area is 114 Å². The molecule has 1 aliphatic rings. The zero-order valence-corrected chi connectivity index (χ0v) is 11.6. The van der Waals surface area contributed by atoms with E-state index in [0.717, 1.165) is 24.9 Å². The first kappa shape index (κ1) is 13.9. The van der Waals surface area contributed by atoms with E-state index in [1.54, 1.807) is 0 Å². The average Bonchev–Trinajstić information content (AvgIpc) is 2.34. The van der Waals surface area contributed by atoms with Crippen LogP contribution in [-0.4, -0.2) is 23.3 Å². The molecule has 1 saturated carbocycles. The van der Waals surface area contributed by atoms with Crippen molar-refractivity contribution >= 4 is 11.7 Å². The van der Waals surface area contributed by atoms with Crippen LogP contribution in [0.5, 0.6) is 0 Å². The zero-order valence-electron chi connectivity index (χ0n) is 11.6. The number of nitrogens with one attached hydrogen (secondary N) is 2. The Morgan fingerprint density at radius 3 is 2.74 bits per heavy atom. The third-order valence-corrected chi connectivity index (χ3v) is 3.67. The number of hydrogen-bond donors (Lipinski definition) is 3. The van der Waals surface area contributed by atoms with Crippen molar-refractivity contribution in [3.63, 3.8) is 0 Å². The highest BCUT2D eigenvalue weighted by molar-refractivity contribution is 5.89. The van der Waals surface area contributed by atoms with Crippen molar-refractivity contribution < 1.29 is 9.90 Å². The summed E-state index contributed by atoms with van der Waals surface area (Å²) in [6, 6.07) is 7.56. The normalized spacial score (nSPS) is 16.8. The summed E-state index contributed by atoms with van der Waals surface area (Å²) in [5.74, 6) is 0.431. The molecule has 0 aromatic heterocycles. The molecular weight excluding hydrogens is 240 g/mol. The van der Waals surface area contributed by atoms with E-state index in [4.69, 9.17) is 0 Å². The predicted octanol–water partition coefficient (Wildman–Crippen LogP) is 2.85. The molecular formula is C15H22N2O2. The van der Waals surface area contributed by atoms with E-state index < -0.39 is 5.60 Å². The Bertz CT molecular complexity index is 453. The minimum Gasteiger partial charge on any atom is -0.388 e. The fourth-order valence-electron chi connectivity index (χ4n) is 2.16. The molecule has 1 aliphatic carbocycles. The number of rotatable bonds is 4. The highest BCUT2D eigenvalue weighted by atomic mass is 16.3. The third kappa shape index (κ3) is 3.70. The van der Waals surface area contributed by atoms with Crippen LogP contribution in [0.3, 0.4) is 0 Å². The molecule has 0 bridgehead atoms. The van der Waals surface area contributed by atoms with Gasteiger partial charge < -0.3 is 15.7 Å². The van der Waals surface area contributed by atoms with E-state index in [1.807, 2.05) is 24.3 Å². The van der Waals surface area contributed by atoms with Crippen molar-refractivity contribution in [1.82, 2.24) is 5.32 Å². The average molecular weight is 262 g/mol. The summed E-state index contributed by atoms with van der Waals surface area (Å²) in [5.41, 5.74) is 1.29. The van der Waals surface area contributed by atoms with Crippen LogP contribution in [0.4, 0.5) is 10.5 Å². The van der Waals surface area contributed by atoms with Crippen molar-refractivity contribution in [2.75, 3.05) is 11.9 Å². The van der Waals surface area contributed by atoms with Crippen molar-refractivity contribution in [3.8, 4) is 0 Å². The molecule has 104 valence electrons. The number of benzene rings is 1. The molecule has 19 heavy (non-hydrogen) atoms. The van der Waals surface area contributed by atoms with Gasteiger partial charge in [-0.1, -0.05) is 26.0 Å². The molecule has 0 atom stereocenters. The first-order chi connectivity index (χ1) is 8.98. The van der Waals surface area contributed by atoms with Gasteiger partial charge in [-0.15, -0.1) is 0 Å². The minimum absolute atomic E-state index is 0.263. The second-order valence-electron chi connectivity index (χ2n) is 5.67. The SMILES string of the molecule is CC(C)c1cccc(NC(=O)NCC2(O)CCC2)c1. The van der Waals surface area contributed by atoms with Gasteiger partial charge in [-0.2, -0.15) is 0 Å². The second-order valence-corrected chi connectivity index (χ2v) is 5.67. The van der Waals surface area contributed by atoms with Crippen LogP contribution >= 0.6 is 0 Å². The van der Waals surface area contributed by atoms with Crippen molar-refractivity contribution in [1.29, 1.82) is 0 Å². The van der Waals surface area contributed by atoms with Crippen LogP contribution < -0.4 is 10.6 Å². The predicted molar refractivity (Wildman–Crippen MR) is 76.4 cm³/mol. The van der Waals surface area contributed by atoms with Gasteiger partial charge in [0.05, 0.1) is 5.60 Å². The fourth-order valence-corrected chi connectivity index (χ4v) is 2.16. The maximum Gasteiger partial charge on any atom is 0.319 e. The standard InChI is InChI=1S/C15H22N2O2/c1-11(2)12-5-3-6-13(9-12)17-14(18)16-10-15(19)7-4-8-15/h3,5-6,9,11,19H,4,7-8,10H2,1-2H3,(H2,16,17,18). The number of amides is 2. The monoisotopic (exact) mass is 262 g/mol. The first-order valence-electron chi connectivity index (χ1n) is 6.86. The maximum atomic E-state index is 11.7. The molecule has 0 radical (unpaired) electrons. The van der Waals surface area contributed by atoms with E-state index in [0.29, 0.717) is 12.5 Å². The van der Waals surface area contributed by atoms with E-state index in [1.165, 1.54) is 5.56 Å². The second kappa shape index (κ2) is 5.61. The Kier molecular flexibility index (Phi) is 4.10. The molecule has 1 fully saturated rings. The molecule has 4 nitrogen and oxygen atoms in total. The molecule has 1 aromatic carbocycles. The van der Waals surface area contributed by atoms with E-state index in [-0.39, 0.29) is 6.03 Å². The lowest BCUT2D eigenvalue weighted by atomic mass is 9.80. The van der Waals surface area contributed by atoms with Crippen LogP contribution in [0.25, 0.3) is 0 Å². The lowest BCUT2D eigenvalue weighted by Gasteiger charge is -2.36. The number of anilines is 1. The molecule has 0 spiro atoms. The molecule has 2 rings (SSSR count). The molecule has 1 aromatic rings. The molecule has 0 heterocycles. The summed E-state index contributed by atoms with van der Waals surface area (Å²) >= 11 is 0. The highest BCUT2D eigenvalue weighted by Crippen LogP contribution is 2.30. The molecule has 3 N–H and O–H groups in total. The Morgan fingerprint density at radius 2 is 2.16 bits per heavy atom. The molecule has 4 heteroatoms. The number of carbonyl (C=O) groups is 1. The summed E-state index contributed by atoms with van der Waals surface area (Å²) in [5, 5.41) is 15.4. The van der Waals surface area contributed by atoms with Gasteiger partial charge in [0.2, 0.25) is 0 Å². The Hall–Kier alpha value is -1.55. The van der Waals surface area contributed by atoms with Gasteiger partial charge in [0.1, 0.15) is 0 Å². The summed E-state index contributed by atoms with van der Waals surface area (Å²) < 4.78 is 0. The summed E-state index contributed by atoms with van der Waals surface area (Å²) in [4.78, 5) is 11.7. The largest absolute Gasteiger partial charge is 0.388 e. The van der Waals surface area contributed by atoms with Gasteiger partial charge in [0.25, 0.3) is 0 Å². The van der Waals surface area contributed by atoms with E-state index in [9.17, 15) is 9.90 Å². The summed E-state index contributed by atoms with van der Waals surface area (Å²) in [6.45, 7) is 4.55. The third-order valence-electron chi connectivity index (χ3n) is 3.67. The molecule has 0 unspecified atom stereocenters. The van der Waals surface area contributed by atoms with Crippen molar-refractivity contribution in [2.24, 2.45) is 0 Å². The lowest BCUT2D eigenvalue weighted by Crippen LogP contribution is -2.48. The van der Waals surface area contributed by atoms with Crippen LogP contribution in [0, 0.1) is 0 Å². The Morgan fingerprint density at radius 1 is 1.42 bits per heavy atom. The lowest BCUT2D eigenvalue weighted by molar-refractivity contribution is -0.0287. The van der Waals surface area contributed by atoms with Gasteiger partial charge in [0.15, 0.2) is 0 Å². The van der Waals surface area contributed by atoms with Crippen LogP contribution in [0.1, 0.15) is 44.6 Å². The number of urea groups is 1. The van der Waals surface area contributed by atoms with E-state index >= 15 is 0 Å². The van der Waals surface area contributed by atoms with Gasteiger partial charge in [-0.25, -0.2) is 4.79 Å². The number of carbonyl (C=O) groups excluding carboxylic acids is 1. The fraction of sp³-hybridized carbons (Fsp3) is 0.533. The van der Waals surface area contributed by atoms with Gasteiger partial charge in [0, 0.05) is 12.2 Å². The van der Waals surface area contributed by atoms with Crippen LogP contribution in [0.15, 0.2) is 24.3 Å². The van der Waals surface area contributed by atoms with Gasteiger partial charge in [-0.05, 0) is 42.9 Å². The van der Waals surface area contributed by atoms with E-state index in [2.05, 4.69) is 24.5 Å².